The van der Waals surface area contributed by atoms with E-state index in [1.807, 2.05) is 78.9 Å². The highest BCUT2D eigenvalue weighted by atomic mass is 127. The highest BCUT2D eigenvalue weighted by Crippen LogP contribution is 2.27. The summed E-state index contributed by atoms with van der Waals surface area (Å²) in [5, 5.41) is 20.3. The van der Waals surface area contributed by atoms with Crippen LogP contribution in [-0.2, 0) is 0 Å². The molecule has 7 aromatic rings. The van der Waals surface area contributed by atoms with Crippen LogP contribution >= 0.6 is 22.6 Å². The molecule has 0 aliphatic carbocycles. The Hall–Kier alpha value is -5.77. The van der Waals surface area contributed by atoms with Crippen molar-refractivity contribution in [1.82, 2.24) is 19.9 Å². The molecule has 7 N–H and O–H groups in total. The van der Waals surface area contributed by atoms with Gasteiger partial charge in [0.1, 0.15) is 17.3 Å². The number of rotatable bonds is 4. The number of nitrogens with two attached hydrogens (primary N) is 2. The minimum atomic E-state index is -1.58. The van der Waals surface area contributed by atoms with Crippen molar-refractivity contribution in [2.24, 2.45) is 0 Å². The largest absolute Gasteiger partial charge is 0.489 e. The first kappa shape index (κ1) is 38.0. The third-order valence-corrected chi connectivity index (χ3v) is 8.25. The molecule has 7 rings (SSSR count). The first-order valence-electron chi connectivity index (χ1n) is 15.5. The molecule has 13 heteroatoms. The number of nitrogens with one attached hydrogen (secondary N) is 1. The molecule has 0 aliphatic heterocycles. The summed E-state index contributed by atoms with van der Waals surface area (Å²) < 4.78 is 1.00. The summed E-state index contributed by atoms with van der Waals surface area (Å²) in [6, 6.07) is 32.6. The zero-order chi connectivity index (χ0) is 36.9. The number of halogens is 1. The van der Waals surface area contributed by atoms with Crippen LogP contribution < -0.4 is 22.5 Å². The van der Waals surface area contributed by atoms with Gasteiger partial charge in [0.15, 0.2) is 11.6 Å². The molecular formula is C38H34BIN6O5. The molecule has 0 unspecified atom stereocenters. The summed E-state index contributed by atoms with van der Waals surface area (Å²) in [4.78, 5) is 48.9. The maximum atomic E-state index is 11.7. The number of ketones is 2. The van der Waals surface area contributed by atoms with E-state index in [4.69, 9.17) is 21.5 Å². The van der Waals surface area contributed by atoms with Crippen LogP contribution in [0, 0.1) is 3.57 Å². The minimum absolute atomic E-state index is 0.0267. The van der Waals surface area contributed by atoms with Gasteiger partial charge < -0.3 is 26.5 Å². The van der Waals surface area contributed by atoms with Crippen molar-refractivity contribution in [2.75, 3.05) is 11.5 Å². The number of nitrogen functional groups attached to an aromatic ring is 2. The highest BCUT2D eigenvalue weighted by Gasteiger charge is 2.17. The van der Waals surface area contributed by atoms with Crippen LogP contribution in [0.3, 0.4) is 0 Å². The fourth-order valence-electron chi connectivity index (χ4n) is 4.92. The lowest BCUT2D eigenvalue weighted by atomic mass is 9.76. The number of pyridine rings is 4. The lowest BCUT2D eigenvalue weighted by Crippen LogP contribution is -2.34. The Bertz CT molecular complexity index is 2330. The van der Waals surface area contributed by atoms with Gasteiger partial charge in [0, 0.05) is 46.1 Å². The van der Waals surface area contributed by atoms with Crippen molar-refractivity contribution in [1.29, 1.82) is 0 Å². The first-order chi connectivity index (χ1) is 24.5. The standard InChI is InChI=1S/C13H12N2O.C12H8N2O.C8H9BO3.C5H5IN2/c1-9(16)10-5-2-3-6-11(10)12-7-4-8-15-13(12)14;15-12-10-5-2-1-4-8(10)9-6-3-7-13-11(9)14-12;1-6(10)7-4-2-3-5-8(7)9(11)12;6-4-2-1-3-8-5(4)7/h2-8H,1H3,(H2,14,15);1-7H,(H,13,14,15);2-5,11-12H,1H3;1-3H,(H2,7,8). The number of anilines is 2. The molecule has 0 fully saturated rings. The Morgan fingerprint density at radius 1 is 0.627 bits per heavy atom. The van der Waals surface area contributed by atoms with E-state index < -0.39 is 7.12 Å². The zero-order valence-electron chi connectivity index (χ0n) is 27.7. The molecule has 0 saturated heterocycles. The summed E-state index contributed by atoms with van der Waals surface area (Å²) in [5.74, 6) is 0.904. The molecule has 0 bridgehead atoms. The van der Waals surface area contributed by atoms with Gasteiger partial charge in [0.2, 0.25) is 0 Å². The Balaban J connectivity index is 0.000000157. The van der Waals surface area contributed by atoms with Crippen LogP contribution in [0.1, 0.15) is 34.6 Å². The van der Waals surface area contributed by atoms with Gasteiger partial charge in [-0.25, -0.2) is 15.0 Å². The predicted octanol–water partition coefficient (Wildman–Crippen LogP) is 5.45. The minimum Gasteiger partial charge on any atom is -0.423 e. The molecule has 0 amide bonds. The van der Waals surface area contributed by atoms with Crippen LogP contribution in [-0.4, -0.2) is 48.7 Å². The first-order valence-corrected chi connectivity index (χ1v) is 16.6. The molecule has 4 heterocycles. The Kier molecular flexibility index (Phi) is 13.6. The van der Waals surface area contributed by atoms with Crippen molar-refractivity contribution in [3.63, 3.8) is 0 Å². The van der Waals surface area contributed by atoms with Crippen molar-refractivity contribution in [3.8, 4) is 11.1 Å². The summed E-state index contributed by atoms with van der Waals surface area (Å²) >= 11 is 2.14. The van der Waals surface area contributed by atoms with E-state index in [1.54, 1.807) is 49.8 Å². The second kappa shape index (κ2) is 18.3. The second-order valence-electron chi connectivity index (χ2n) is 10.8. The maximum Gasteiger partial charge on any atom is 0.489 e. The number of hydrogen-bond acceptors (Lipinski definition) is 10. The number of carbonyl (C=O) groups excluding carboxylic acids is 2. The number of aromatic amines is 1. The summed E-state index contributed by atoms with van der Waals surface area (Å²) in [6.45, 7) is 2.94. The van der Waals surface area contributed by atoms with Gasteiger partial charge in [-0.05, 0) is 95.3 Å². The lowest BCUT2D eigenvalue weighted by molar-refractivity contribution is 0.101. The van der Waals surface area contributed by atoms with Crippen molar-refractivity contribution >= 4 is 80.2 Å². The zero-order valence-corrected chi connectivity index (χ0v) is 29.9. The van der Waals surface area contributed by atoms with E-state index in [2.05, 4.69) is 42.5 Å². The number of hydrogen-bond donors (Lipinski definition) is 5. The monoisotopic (exact) mass is 792 g/mol. The summed E-state index contributed by atoms with van der Waals surface area (Å²) in [7, 11) is -1.58. The van der Waals surface area contributed by atoms with Gasteiger partial charge >= 0.3 is 7.12 Å². The number of H-pyrrole nitrogens is 1. The SMILES string of the molecule is CC(=O)c1ccccc1-c1cccnc1N.CC(=O)c1ccccc1B(O)O.Nc1ncccc1I.O=c1[nH]c2ncccc2c2ccccc12. The average molecular weight is 792 g/mol. The van der Waals surface area contributed by atoms with Gasteiger partial charge in [0.25, 0.3) is 5.56 Å². The maximum absolute atomic E-state index is 11.7. The van der Waals surface area contributed by atoms with Crippen molar-refractivity contribution < 1.29 is 19.6 Å². The van der Waals surface area contributed by atoms with E-state index >= 15 is 0 Å². The van der Waals surface area contributed by atoms with Crippen LogP contribution in [0.15, 0.2) is 133 Å². The normalized spacial score (nSPS) is 10.1. The molecule has 4 aromatic heterocycles. The van der Waals surface area contributed by atoms with E-state index in [1.165, 1.54) is 13.0 Å². The Morgan fingerprint density at radius 3 is 1.73 bits per heavy atom. The molecule has 51 heavy (non-hydrogen) atoms. The van der Waals surface area contributed by atoms with Gasteiger partial charge in [-0.2, -0.15) is 0 Å². The number of carbonyl (C=O) groups is 2. The van der Waals surface area contributed by atoms with Gasteiger partial charge in [0.05, 0.1) is 3.57 Å². The van der Waals surface area contributed by atoms with Crippen LogP contribution in [0.4, 0.5) is 11.6 Å². The molecule has 11 nitrogen and oxygen atoms in total. The fourth-order valence-corrected chi connectivity index (χ4v) is 5.27. The summed E-state index contributed by atoms with van der Waals surface area (Å²) in [6.07, 6.45) is 4.99. The molecule has 256 valence electrons. The molecule has 3 aromatic carbocycles. The predicted molar refractivity (Wildman–Crippen MR) is 212 cm³/mol. The number of aromatic nitrogens is 4. The molecule has 0 saturated carbocycles. The quantitative estimate of drug-likeness (QED) is 0.0662. The molecular weight excluding hydrogens is 758 g/mol. The Morgan fingerprint density at radius 2 is 1.14 bits per heavy atom. The van der Waals surface area contributed by atoms with Crippen LogP contribution in [0.5, 0.6) is 0 Å². The second-order valence-corrected chi connectivity index (χ2v) is 12.0. The molecule has 0 spiro atoms. The Labute approximate surface area is 307 Å². The average Bonchev–Trinajstić information content (AvgIpc) is 3.14. The van der Waals surface area contributed by atoms with E-state index in [9.17, 15) is 14.4 Å². The third-order valence-electron chi connectivity index (χ3n) is 7.34. The number of Topliss-reactive ketones (excluding diaryl/α,β-unsaturated/α-hetero) is 2. The topological polar surface area (TPSA) is 198 Å². The van der Waals surface area contributed by atoms with Crippen LogP contribution in [0.25, 0.3) is 32.9 Å². The van der Waals surface area contributed by atoms with E-state index in [-0.39, 0.29) is 22.6 Å². The molecule has 0 atom stereocenters. The number of nitrogens with zero attached hydrogens (tertiary/aromatic N) is 3. The molecule has 0 aliphatic rings. The fraction of sp³-hybridized carbons (Fsp3) is 0.0526. The lowest BCUT2D eigenvalue weighted by Gasteiger charge is -2.08. The van der Waals surface area contributed by atoms with Crippen LogP contribution in [0.2, 0.25) is 0 Å². The van der Waals surface area contributed by atoms with Gasteiger partial charge in [-0.15, -0.1) is 0 Å². The number of fused-ring (bicyclic) bond motifs is 3. The van der Waals surface area contributed by atoms with Crippen molar-refractivity contribution in [2.45, 2.75) is 13.8 Å². The van der Waals surface area contributed by atoms with Gasteiger partial charge in [-0.1, -0.05) is 66.7 Å². The van der Waals surface area contributed by atoms with Crippen molar-refractivity contribution in [3.05, 3.63) is 153 Å². The summed E-state index contributed by atoms with van der Waals surface area (Å²) in [5.41, 5.74) is 14.7. The van der Waals surface area contributed by atoms with E-state index in [0.717, 1.165) is 25.5 Å². The highest BCUT2D eigenvalue weighted by molar-refractivity contribution is 14.1. The molecule has 0 radical (unpaired) electrons. The van der Waals surface area contributed by atoms with E-state index in [0.29, 0.717) is 33.8 Å². The third kappa shape index (κ3) is 10.1. The number of benzene rings is 3. The van der Waals surface area contributed by atoms with Gasteiger partial charge in [-0.3, -0.25) is 14.4 Å². The smallest absolute Gasteiger partial charge is 0.423 e.